The number of carbonyl (C=O) groups excluding carboxylic acids is 1. The van der Waals surface area contributed by atoms with Crippen molar-refractivity contribution in [2.45, 2.75) is 17.7 Å². The van der Waals surface area contributed by atoms with E-state index in [2.05, 4.69) is 12.6 Å². The van der Waals surface area contributed by atoms with Gasteiger partial charge in [-0.1, -0.05) is 0 Å². The highest BCUT2D eigenvalue weighted by molar-refractivity contribution is 7.81. The first-order valence-corrected chi connectivity index (χ1v) is 4.84. The zero-order valence-corrected chi connectivity index (χ0v) is 9.07. The lowest BCUT2D eigenvalue weighted by Gasteiger charge is -2.23. The third-order valence-electron chi connectivity index (χ3n) is 2.25. The zero-order chi connectivity index (χ0) is 10.9. The number of hydrogen-bond donors (Lipinski definition) is 2. The molecule has 1 rings (SSSR count). The molecule has 0 saturated carbocycles. The summed E-state index contributed by atoms with van der Waals surface area (Å²) in [6.07, 6.45) is -0.561. The molecule has 2 amide bonds. The average Bonchev–Trinajstić information content (AvgIpc) is 2.45. The van der Waals surface area contributed by atoms with Crippen LogP contribution in [-0.4, -0.2) is 58.8 Å². The van der Waals surface area contributed by atoms with Gasteiger partial charge in [-0.3, -0.25) is 9.69 Å². The molecule has 1 heterocycles. The molecule has 2 atom stereocenters. The van der Waals surface area contributed by atoms with Crippen LogP contribution >= 0.6 is 12.6 Å². The molecule has 1 aliphatic heterocycles. The molecule has 0 aromatic heterocycles. The minimum Gasteiger partial charge on any atom is -0.465 e. The number of rotatable bonds is 1. The van der Waals surface area contributed by atoms with Crippen molar-refractivity contribution in [2.75, 3.05) is 20.6 Å². The van der Waals surface area contributed by atoms with Crippen LogP contribution in [0.2, 0.25) is 0 Å². The Hall–Kier alpha value is -0.910. The van der Waals surface area contributed by atoms with E-state index in [9.17, 15) is 9.59 Å². The standard InChI is InChI=1S/C8H14N2O3S/c1-9(2)7(11)6-3-5(14)4-10(6)8(12)13/h5-6,14H,3-4H2,1-2H3,(H,12,13)/t5?,6-/m0/s1. The lowest BCUT2D eigenvalue weighted by atomic mass is 10.2. The molecule has 0 aromatic rings. The fourth-order valence-corrected chi connectivity index (χ4v) is 1.93. The summed E-state index contributed by atoms with van der Waals surface area (Å²) in [4.78, 5) is 25.0. The van der Waals surface area contributed by atoms with E-state index in [1.807, 2.05) is 0 Å². The maximum Gasteiger partial charge on any atom is 0.408 e. The van der Waals surface area contributed by atoms with Gasteiger partial charge in [0.05, 0.1) is 0 Å². The molecule has 1 saturated heterocycles. The molecule has 1 N–H and O–H groups in total. The fraction of sp³-hybridized carbons (Fsp3) is 0.750. The molecule has 0 spiro atoms. The highest BCUT2D eigenvalue weighted by Gasteiger charge is 2.38. The summed E-state index contributed by atoms with van der Waals surface area (Å²) in [7, 11) is 3.24. The van der Waals surface area contributed by atoms with Crippen LogP contribution in [0.5, 0.6) is 0 Å². The van der Waals surface area contributed by atoms with Crippen LogP contribution in [0.15, 0.2) is 0 Å². The van der Waals surface area contributed by atoms with Crippen molar-refractivity contribution in [2.24, 2.45) is 0 Å². The number of amides is 2. The van der Waals surface area contributed by atoms with Crippen LogP contribution < -0.4 is 0 Å². The highest BCUT2D eigenvalue weighted by Crippen LogP contribution is 2.22. The predicted octanol–water partition coefficient (Wildman–Crippen LogP) is 0.125. The Labute approximate surface area is 88.1 Å². The summed E-state index contributed by atoms with van der Waals surface area (Å²) >= 11 is 4.19. The number of nitrogens with zero attached hydrogens (tertiary/aromatic N) is 2. The van der Waals surface area contributed by atoms with E-state index < -0.39 is 12.1 Å². The number of likely N-dealkylation sites (N-methyl/N-ethyl adjacent to an activating group) is 1. The monoisotopic (exact) mass is 218 g/mol. The van der Waals surface area contributed by atoms with Gasteiger partial charge in [0.2, 0.25) is 5.91 Å². The largest absolute Gasteiger partial charge is 0.465 e. The van der Waals surface area contributed by atoms with Gasteiger partial charge in [-0.2, -0.15) is 12.6 Å². The molecule has 0 bridgehead atoms. The van der Waals surface area contributed by atoms with Crippen LogP contribution in [0, 0.1) is 0 Å². The quantitative estimate of drug-likeness (QED) is 0.615. The SMILES string of the molecule is CN(C)C(=O)[C@@H]1CC(S)CN1C(=O)O. The molecule has 1 fully saturated rings. The van der Waals surface area contributed by atoms with Crippen LogP contribution in [0.1, 0.15) is 6.42 Å². The van der Waals surface area contributed by atoms with Gasteiger partial charge in [-0.15, -0.1) is 0 Å². The maximum atomic E-state index is 11.6. The van der Waals surface area contributed by atoms with E-state index in [4.69, 9.17) is 5.11 Å². The van der Waals surface area contributed by atoms with Gasteiger partial charge in [0, 0.05) is 25.9 Å². The Balaban J connectivity index is 2.76. The van der Waals surface area contributed by atoms with E-state index in [0.29, 0.717) is 13.0 Å². The van der Waals surface area contributed by atoms with Crippen molar-refractivity contribution in [1.29, 1.82) is 0 Å². The van der Waals surface area contributed by atoms with Gasteiger partial charge in [0.15, 0.2) is 0 Å². The number of thiol groups is 1. The normalized spacial score (nSPS) is 26.4. The first-order valence-electron chi connectivity index (χ1n) is 4.32. The summed E-state index contributed by atoms with van der Waals surface area (Å²) in [5, 5.41) is 8.81. The molecule has 0 aliphatic carbocycles. The van der Waals surface area contributed by atoms with E-state index in [0.717, 1.165) is 4.90 Å². The minimum absolute atomic E-state index is 0.0417. The molecular formula is C8H14N2O3S. The fourth-order valence-electron chi connectivity index (χ4n) is 1.56. The topological polar surface area (TPSA) is 60.9 Å². The van der Waals surface area contributed by atoms with Gasteiger partial charge >= 0.3 is 6.09 Å². The predicted molar refractivity (Wildman–Crippen MR) is 54.6 cm³/mol. The van der Waals surface area contributed by atoms with E-state index in [1.54, 1.807) is 14.1 Å². The van der Waals surface area contributed by atoms with Crippen molar-refractivity contribution in [1.82, 2.24) is 9.80 Å². The minimum atomic E-state index is -1.05. The van der Waals surface area contributed by atoms with E-state index in [1.165, 1.54) is 4.90 Å². The Morgan fingerprint density at radius 1 is 1.50 bits per heavy atom. The lowest BCUT2D eigenvalue weighted by molar-refractivity contribution is -0.132. The third-order valence-corrected chi connectivity index (χ3v) is 2.62. The van der Waals surface area contributed by atoms with Crippen LogP contribution in [0.4, 0.5) is 4.79 Å². The van der Waals surface area contributed by atoms with Gasteiger partial charge in [-0.05, 0) is 6.42 Å². The van der Waals surface area contributed by atoms with Crippen LogP contribution in [-0.2, 0) is 4.79 Å². The summed E-state index contributed by atoms with van der Waals surface area (Å²) in [5.74, 6) is -0.177. The number of carboxylic acid groups (broad SMARTS) is 1. The van der Waals surface area contributed by atoms with E-state index in [-0.39, 0.29) is 11.2 Å². The molecule has 1 aliphatic rings. The zero-order valence-electron chi connectivity index (χ0n) is 8.17. The summed E-state index contributed by atoms with van der Waals surface area (Å²) in [5.41, 5.74) is 0. The second-order valence-electron chi connectivity index (χ2n) is 3.57. The summed E-state index contributed by atoms with van der Waals surface area (Å²) < 4.78 is 0. The lowest BCUT2D eigenvalue weighted by Crippen LogP contribution is -2.44. The smallest absolute Gasteiger partial charge is 0.408 e. The molecular weight excluding hydrogens is 204 g/mol. The van der Waals surface area contributed by atoms with Gasteiger partial charge < -0.3 is 10.0 Å². The second kappa shape index (κ2) is 4.08. The van der Waals surface area contributed by atoms with Gasteiger partial charge in [0.1, 0.15) is 6.04 Å². The third kappa shape index (κ3) is 2.12. The van der Waals surface area contributed by atoms with Gasteiger partial charge in [-0.25, -0.2) is 4.79 Å². The molecule has 5 nitrogen and oxygen atoms in total. The first-order chi connectivity index (χ1) is 6.43. The maximum absolute atomic E-state index is 11.6. The van der Waals surface area contributed by atoms with Crippen molar-refractivity contribution in [3.05, 3.63) is 0 Å². The Bertz CT molecular complexity index is 257. The molecule has 0 aromatic carbocycles. The number of likely N-dealkylation sites (tertiary alicyclic amines) is 1. The Morgan fingerprint density at radius 3 is 2.50 bits per heavy atom. The molecule has 6 heteroatoms. The summed E-state index contributed by atoms with van der Waals surface area (Å²) in [6, 6.07) is -0.565. The molecule has 14 heavy (non-hydrogen) atoms. The highest BCUT2D eigenvalue weighted by atomic mass is 32.1. The second-order valence-corrected chi connectivity index (χ2v) is 4.30. The van der Waals surface area contributed by atoms with Crippen molar-refractivity contribution < 1.29 is 14.7 Å². The number of hydrogen-bond acceptors (Lipinski definition) is 3. The van der Waals surface area contributed by atoms with Crippen molar-refractivity contribution >= 4 is 24.6 Å². The van der Waals surface area contributed by atoms with Crippen LogP contribution in [0.3, 0.4) is 0 Å². The Morgan fingerprint density at radius 2 is 2.07 bits per heavy atom. The Kier molecular flexibility index (Phi) is 3.25. The molecule has 80 valence electrons. The average molecular weight is 218 g/mol. The molecule has 1 unspecified atom stereocenters. The van der Waals surface area contributed by atoms with Crippen molar-refractivity contribution in [3.63, 3.8) is 0 Å². The van der Waals surface area contributed by atoms with Gasteiger partial charge in [0.25, 0.3) is 0 Å². The number of carbonyl (C=O) groups is 2. The molecule has 0 radical (unpaired) electrons. The van der Waals surface area contributed by atoms with E-state index >= 15 is 0 Å². The first kappa shape index (κ1) is 11.2. The van der Waals surface area contributed by atoms with Crippen molar-refractivity contribution in [3.8, 4) is 0 Å². The van der Waals surface area contributed by atoms with Crippen LogP contribution in [0.25, 0.3) is 0 Å². The summed E-state index contributed by atoms with van der Waals surface area (Å²) in [6.45, 7) is 0.322.